The number of ether oxygens (including phenoxy) is 2. The van der Waals surface area contributed by atoms with E-state index in [0.29, 0.717) is 17.0 Å². The van der Waals surface area contributed by atoms with Crippen LogP contribution in [-0.4, -0.2) is 11.9 Å². The fourth-order valence-electron chi connectivity index (χ4n) is 2.24. The van der Waals surface area contributed by atoms with E-state index in [4.69, 9.17) is 21.1 Å². The fourth-order valence-corrected chi connectivity index (χ4v) is 2.45. The summed E-state index contributed by atoms with van der Waals surface area (Å²) in [5, 5.41) is 1.24. The topological polar surface area (TPSA) is 56.5 Å². The van der Waals surface area contributed by atoms with Gasteiger partial charge in [0.05, 0.1) is 27.3 Å². The normalized spacial score (nSPS) is 11.7. The van der Waals surface area contributed by atoms with E-state index in [2.05, 4.69) is 0 Å². The predicted octanol–water partition coefficient (Wildman–Crippen LogP) is 1.71. The fraction of sp³-hybridized carbons (Fsp3) is 0.476. The summed E-state index contributed by atoms with van der Waals surface area (Å²) in [6, 6.07) is 5.13. The summed E-state index contributed by atoms with van der Waals surface area (Å²) in [4.78, 5) is 24.8. The third kappa shape index (κ3) is 5.36. The molecule has 0 radical (unpaired) electrons. The molecule has 0 bridgehead atoms. The van der Waals surface area contributed by atoms with Gasteiger partial charge in [0.1, 0.15) is 6.54 Å². The van der Waals surface area contributed by atoms with Gasteiger partial charge in [-0.25, -0.2) is 0 Å². The second-order valence-corrected chi connectivity index (χ2v) is 8.95. The number of hydrogen-bond donors (Lipinski definition) is 0. The maximum Gasteiger partial charge on any atom is 0.316 e. The maximum atomic E-state index is 12.4. The summed E-state index contributed by atoms with van der Waals surface area (Å²) in [7, 11) is 0. The highest BCUT2D eigenvalue weighted by molar-refractivity contribution is 6.35. The number of pyridine rings is 1. The Morgan fingerprint density at radius 2 is 1.43 bits per heavy atom. The van der Waals surface area contributed by atoms with E-state index >= 15 is 0 Å². The maximum absolute atomic E-state index is 12.4. The summed E-state index contributed by atoms with van der Waals surface area (Å²) in [5.74, 6) is -0.467. The molecule has 2 rings (SSSR count). The minimum Gasteiger partial charge on any atom is -1.00 e. The Morgan fingerprint density at radius 1 is 0.964 bits per heavy atom. The van der Waals surface area contributed by atoms with Crippen LogP contribution in [0.5, 0.6) is 11.5 Å². The second-order valence-electron chi connectivity index (χ2n) is 8.54. The molecule has 2 aromatic rings. The summed E-state index contributed by atoms with van der Waals surface area (Å²) in [6.07, 6.45) is 1.86. The molecule has 5 nitrogen and oxygen atoms in total. The minimum atomic E-state index is -0.704. The lowest BCUT2D eigenvalue weighted by molar-refractivity contribution is -0.667. The lowest BCUT2D eigenvalue weighted by Crippen LogP contribution is -3.00. The molecule has 0 fully saturated rings. The van der Waals surface area contributed by atoms with Crippen molar-refractivity contribution in [1.82, 2.24) is 0 Å². The third-order valence-electron chi connectivity index (χ3n) is 4.00. The molecule has 0 saturated carbocycles. The zero-order valence-electron chi connectivity index (χ0n) is 17.4. The monoisotopic (exact) mass is 427 g/mol. The van der Waals surface area contributed by atoms with Gasteiger partial charge in [-0.1, -0.05) is 11.6 Å². The molecule has 28 heavy (non-hydrogen) atoms. The summed E-state index contributed by atoms with van der Waals surface area (Å²) < 4.78 is 13.2. The molecule has 1 aromatic heterocycles. The first kappa shape index (κ1) is 24.2. The van der Waals surface area contributed by atoms with Gasteiger partial charge in [-0.2, -0.15) is 4.57 Å². The molecule has 0 unspecified atom stereocenters. The molecule has 1 aromatic carbocycles. The third-order valence-corrected chi connectivity index (χ3v) is 4.33. The van der Waals surface area contributed by atoms with Crippen LogP contribution in [0.1, 0.15) is 48.5 Å². The number of halogens is 2. The Morgan fingerprint density at radius 3 is 1.86 bits per heavy atom. The molecule has 7 heteroatoms. The van der Waals surface area contributed by atoms with Gasteiger partial charge in [0.15, 0.2) is 17.7 Å². The molecular weight excluding hydrogens is 401 g/mol. The number of benzene rings is 1. The second kappa shape index (κ2) is 8.66. The highest BCUT2D eigenvalue weighted by Gasteiger charge is 2.29. The van der Waals surface area contributed by atoms with Gasteiger partial charge >= 0.3 is 11.9 Å². The van der Waals surface area contributed by atoms with Crippen molar-refractivity contribution in [2.75, 3.05) is 0 Å². The minimum absolute atomic E-state index is 0. The number of fused-ring (bicyclic) bond motifs is 1. The van der Waals surface area contributed by atoms with Gasteiger partial charge in [-0.3, -0.25) is 9.59 Å². The average Bonchev–Trinajstić information content (AvgIpc) is 2.54. The molecule has 0 N–H and O–H groups in total. The van der Waals surface area contributed by atoms with E-state index in [-0.39, 0.29) is 23.9 Å². The Bertz CT molecular complexity index is 896. The van der Waals surface area contributed by atoms with Crippen LogP contribution in [0.15, 0.2) is 24.4 Å². The van der Waals surface area contributed by atoms with Crippen molar-refractivity contribution in [3.63, 3.8) is 0 Å². The van der Waals surface area contributed by atoms with Crippen molar-refractivity contribution in [3.8, 4) is 11.5 Å². The molecule has 0 aliphatic carbocycles. The van der Waals surface area contributed by atoms with Gasteiger partial charge < -0.3 is 21.9 Å². The number of nitrogens with zero attached hydrogens (tertiary/aromatic N) is 1. The van der Waals surface area contributed by atoms with Crippen molar-refractivity contribution < 1.29 is 36.0 Å². The van der Waals surface area contributed by atoms with E-state index in [0.717, 1.165) is 5.52 Å². The molecule has 0 saturated heterocycles. The summed E-state index contributed by atoms with van der Waals surface area (Å²) in [5.41, 5.74) is -0.614. The molecular formula is C21H27Cl2NO4. The number of carbonyl (C=O) groups is 2. The Hall–Kier alpha value is -1.85. The van der Waals surface area contributed by atoms with Gasteiger partial charge in [-0.05, 0) is 48.5 Å². The molecule has 1 heterocycles. The first-order valence-corrected chi connectivity index (χ1v) is 9.32. The van der Waals surface area contributed by atoms with Gasteiger partial charge in [0.25, 0.3) is 0 Å². The smallest absolute Gasteiger partial charge is 0.316 e. The summed E-state index contributed by atoms with van der Waals surface area (Å²) in [6.45, 7) is 13.3. The van der Waals surface area contributed by atoms with Gasteiger partial charge in [0, 0.05) is 12.1 Å². The average molecular weight is 428 g/mol. The predicted molar refractivity (Wildman–Crippen MR) is 105 cm³/mol. The molecule has 0 amide bonds. The largest absolute Gasteiger partial charge is 1.00 e. The first-order valence-electron chi connectivity index (χ1n) is 8.95. The van der Waals surface area contributed by atoms with Crippen LogP contribution >= 0.6 is 11.6 Å². The van der Waals surface area contributed by atoms with Crippen molar-refractivity contribution in [2.24, 2.45) is 10.8 Å². The van der Waals surface area contributed by atoms with Crippen LogP contribution in [0.4, 0.5) is 0 Å². The molecule has 154 valence electrons. The van der Waals surface area contributed by atoms with Crippen LogP contribution < -0.4 is 26.4 Å². The van der Waals surface area contributed by atoms with Crippen molar-refractivity contribution in [1.29, 1.82) is 0 Å². The number of hydrogen-bond acceptors (Lipinski definition) is 4. The SMILES string of the molecule is CC[n+]1ccc(Cl)c2cc(OC(=O)C(C)(C)C)c(OC(=O)C(C)(C)C)cc21.[Cl-]. The Balaban J connectivity index is 0.00000392. The van der Waals surface area contributed by atoms with Crippen LogP contribution in [0, 0.1) is 10.8 Å². The van der Waals surface area contributed by atoms with Crippen LogP contribution in [0.3, 0.4) is 0 Å². The van der Waals surface area contributed by atoms with Crippen LogP contribution in [0.25, 0.3) is 10.9 Å². The van der Waals surface area contributed by atoms with Crippen molar-refractivity contribution in [2.45, 2.75) is 55.0 Å². The van der Waals surface area contributed by atoms with E-state index in [1.165, 1.54) is 0 Å². The standard InChI is InChI=1S/C21H27ClNO4.ClH/c1-8-23-10-9-14(22)13-11-16(26-18(24)20(2,3)4)17(12-15(13)23)27-19(25)21(5,6)7;/h9-12H,8H2,1-7H3;1H/q+1;/p-1. The van der Waals surface area contributed by atoms with E-state index in [1.807, 2.05) is 17.7 Å². The lowest BCUT2D eigenvalue weighted by atomic mass is 9.97. The number of aryl methyl sites for hydroxylation is 1. The van der Waals surface area contributed by atoms with Crippen LogP contribution in [-0.2, 0) is 16.1 Å². The zero-order valence-corrected chi connectivity index (χ0v) is 18.9. The van der Waals surface area contributed by atoms with Crippen molar-refractivity contribution in [3.05, 3.63) is 29.4 Å². The zero-order chi connectivity index (χ0) is 20.6. The Labute approximate surface area is 177 Å². The van der Waals surface area contributed by atoms with Crippen LogP contribution in [0.2, 0.25) is 5.02 Å². The van der Waals surface area contributed by atoms with Gasteiger partial charge in [-0.15, -0.1) is 0 Å². The van der Waals surface area contributed by atoms with E-state index < -0.39 is 22.8 Å². The van der Waals surface area contributed by atoms with Gasteiger partial charge in [0.2, 0.25) is 5.52 Å². The first-order chi connectivity index (χ1) is 12.3. The molecule has 0 aliphatic rings. The Kier molecular flexibility index (Phi) is 7.48. The lowest BCUT2D eigenvalue weighted by Gasteiger charge is -2.20. The van der Waals surface area contributed by atoms with E-state index in [1.54, 1.807) is 59.7 Å². The number of esters is 2. The number of carbonyl (C=O) groups excluding carboxylic acids is 2. The molecule has 0 atom stereocenters. The summed E-state index contributed by atoms with van der Waals surface area (Å²) >= 11 is 6.35. The number of aromatic nitrogens is 1. The quantitative estimate of drug-likeness (QED) is 0.425. The molecule has 0 spiro atoms. The highest BCUT2D eigenvalue weighted by Crippen LogP contribution is 2.36. The highest BCUT2D eigenvalue weighted by atomic mass is 35.5. The molecule has 0 aliphatic heterocycles. The number of rotatable bonds is 3. The van der Waals surface area contributed by atoms with E-state index in [9.17, 15) is 9.59 Å². The van der Waals surface area contributed by atoms with Crippen molar-refractivity contribution >= 4 is 34.4 Å².